The topological polar surface area (TPSA) is 53.8 Å². The molecule has 0 unspecified atom stereocenters. The normalized spacial score (nSPS) is 18.7. The highest BCUT2D eigenvalue weighted by molar-refractivity contribution is 6.30. The van der Waals surface area contributed by atoms with E-state index in [4.69, 9.17) is 21.3 Å². The Balaban J connectivity index is 1.74. The molecule has 3 aromatic carbocycles. The summed E-state index contributed by atoms with van der Waals surface area (Å²) in [5.41, 5.74) is 5.13. The van der Waals surface area contributed by atoms with Crippen molar-refractivity contribution in [2.75, 3.05) is 6.61 Å². The third-order valence-electron chi connectivity index (χ3n) is 5.32. The van der Waals surface area contributed by atoms with E-state index in [1.54, 1.807) is 6.07 Å². The predicted molar refractivity (Wildman–Crippen MR) is 122 cm³/mol. The molecule has 0 fully saturated rings. The Morgan fingerprint density at radius 2 is 1.80 bits per heavy atom. The number of rotatable bonds is 5. The standard InChI is InChI=1S/C25H25ClN2O2/c1-3-30-23-6-4-5-20(24(23)29)22-15-21(17-9-7-16(2)8-10-17)27-25(28-22)18-11-13-19(26)14-12-18/h4-14,22,25,28-29H,3,15H2,1-2H3/t22-,25-/m1/s1. The molecule has 0 spiro atoms. The summed E-state index contributed by atoms with van der Waals surface area (Å²) in [7, 11) is 0. The van der Waals surface area contributed by atoms with Crippen LogP contribution in [-0.2, 0) is 0 Å². The molecular formula is C25H25ClN2O2. The fourth-order valence-electron chi connectivity index (χ4n) is 3.74. The van der Waals surface area contributed by atoms with Gasteiger partial charge in [0.25, 0.3) is 0 Å². The van der Waals surface area contributed by atoms with Crippen LogP contribution in [0.2, 0.25) is 5.02 Å². The second kappa shape index (κ2) is 8.90. The first-order valence-electron chi connectivity index (χ1n) is 10.1. The number of aliphatic imine (C=N–C) groups is 1. The van der Waals surface area contributed by atoms with Crippen molar-refractivity contribution in [3.05, 3.63) is 94.0 Å². The van der Waals surface area contributed by atoms with Crippen molar-refractivity contribution in [1.82, 2.24) is 5.32 Å². The van der Waals surface area contributed by atoms with E-state index < -0.39 is 0 Å². The number of aromatic hydroxyl groups is 1. The summed E-state index contributed by atoms with van der Waals surface area (Å²) in [5, 5.41) is 15.1. The van der Waals surface area contributed by atoms with Crippen LogP contribution in [0.15, 0.2) is 71.7 Å². The zero-order valence-corrected chi connectivity index (χ0v) is 17.9. The molecule has 4 rings (SSSR count). The van der Waals surface area contributed by atoms with E-state index >= 15 is 0 Å². The van der Waals surface area contributed by atoms with Crippen molar-refractivity contribution in [2.24, 2.45) is 4.99 Å². The van der Waals surface area contributed by atoms with Crippen LogP contribution in [0.4, 0.5) is 0 Å². The fourth-order valence-corrected chi connectivity index (χ4v) is 3.86. The smallest absolute Gasteiger partial charge is 0.162 e. The number of hydrogen-bond acceptors (Lipinski definition) is 4. The monoisotopic (exact) mass is 420 g/mol. The number of halogens is 1. The van der Waals surface area contributed by atoms with Gasteiger partial charge in [-0.3, -0.25) is 10.3 Å². The summed E-state index contributed by atoms with van der Waals surface area (Å²) in [6.07, 6.45) is 0.420. The summed E-state index contributed by atoms with van der Waals surface area (Å²) >= 11 is 6.08. The molecule has 3 aromatic rings. The first-order chi connectivity index (χ1) is 14.5. The van der Waals surface area contributed by atoms with E-state index in [9.17, 15) is 5.11 Å². The highest BCUT2D eigenvalue weighted by Crippen LogP contribution is 2.39. The van der Waals surface area contributed by atoms with Gasteiger partial charge in [0.2, 0.25) is 0 Å². The highest BCUT2D eigenvalue weighted by Gasteiger charge is 2.28. The van der Waals surface area contributed by atoms with Crippen molar-refractivity contribution in [2.45, 2.75) is 32.5 Å². The number of nitrogens with zero attached hydrogens (tertiary/aromatic N) is 1. The highest BCUT2D eigenvalue weighted by atomic mass is 35.5. The average molecular weight is 421 g/mol. The molecule has 30 heavy (non-hydrogen) atoms. The zero-order valence-electron chi connectivity index (χ0n) is 17.1. The molecule has 0 amide bonds. The molecule has 4 nitrogen and oxygen atoms in total. The van der Waals surface area contributed by atoms with E-state index in [1.807, 2.05) is 43.3 Å². The van der Waals surface area contributed by atoms with E-state index in [2.05, 4.69) is 36.5 Å². The summed E-state index contributed by atoms with van der Waals surface area (Å²) < 4.78 is 5.59. The van der Waals surface area contributed by atoms with Gasteiger partial charge in [0, 0.05) is 28.8 Å². The number of para-hydroxylation sites is 1. The van der Waals surface area contributed by atoms with Crippen LogP contribution in [0.5, 0.6) is 11.5 Å². The van der Waals surface area contributed by atoms with Crippen molar-refractivity contribution >= 4 is 17.3 Å². The number of phenols is 1. The van der Waals surface area contributed by atoms with Crippen molar-refractivity contribution in [3.8, 4) is 11.5 Å². The van der Waals surface area contributed by atoms with Crippen LogP contribution in [0.3, 0.4) is 0 Å². The summed E-state index contributed by atoms with van der Waals surface area (Å²) in [6, 6.07) is 21.6. The molecule has 0 bridgehead atoms. The van der Waals surface area contributed by atoms with Gasteiger partial charge in [0.05, 0.1) is 6.61 Å². The molecular weight excluding hydrogens is 396 g/mol. The third kappa shape index (κ3) is 4.35. The van der Waals surface area contributed by atoms with Crippen LogP contribution in [0.1, 0.15) is 47.8 Å². The maximum atomic E-state index is 10.8. The quantitative estimate of drug-likeness (QED) is 0.534. The lowest BCUT2D eigenvalue weighted by molar-refractivity contribution is 0.313. The Bertz CT molecular complexity index is 1050. The maximum Gasteiger partial charge on any atom is 0.162 e. The second-order valence-corrected chi connectivity index (χ2v) is 7.88. The number of ether oxygens (including phenoxy) is 1. The average Bonchev–Trinajstić information content (AvgIpc) is 2.76. The van der Waals surface area contributed by atoms with Crippen LogP contribution < -0.4 is 10.1 Å². The van der Waals surface area contributed by atoms with Gasteiger partial charge in [-0.15, -0.1) is 0 Å². The number of nitrogens with one attached hydrogen (secondary N) is 1. The maximum absolute atomic E-state index is 10.8. The molecule has 0 saturated heterocycles. The van der Waals surface area contributed by atoms with Gasteiger partial charge in [-0.25, -0.2) is 0 Å². The SMILES string of the molecule is CCOc1cccc([C@H]2CC(c3ccc(C)cc3)=N[C@@H](c3ccc(Cl)cc3)N2)c1O. The van der Waals surface area contributed by atoms with Crippen molar-refractivity contribution in [3.63, 3.8) is 0 Å². The molecule has 154 valence electrons. The Morgan fingerprint density at radius 1 is 1.07 bits per heavy atom. The number of phenolic OH excluding ortho intramolecular Hbond substituents is 1. The number of benzene rings is 3. The zero-order chi connectivity index (χ0) is 21.1. The van der Waals surface area contributed by atoms with E-state index in [0.717, 1.165) is 22.4 Å². The van der Waals surface area contributed by atoms with Gasteiger partial charge in [0.15, 0.2) is 11.5 Å². The third-order valence-corrected chi connectivity index (χ3v) is 5.57. The molecule has 2 N–H and O–H groups in total. The van der Waals surface area contributed by atoms with Crippen LogP contribution in [0, 0.1) is 6.92 Å². The summed E-state index contributed by atoms with van der Waals surface area (Å²) in [6.45, 7) is 4.48. The van der Waals surface area contributed by atoms with Gasteiger partial charge >= 0.3 is 0 Å². The largest absolute Gasteiger partial charge is 0.504 e. The molecule has 1 aliphatic heterocycles. The lowest BCUT2D eigenvalue weighted by atomic mass is 9.93. The van der Waals surface area contributed by atoms with Crippen molar-refractivity contribution in [1.29, 1.82) is 0 Å². The van der Waals surface area contributed by atoms with Gasteiger partial charge in [-0.05, 0) is 43.2 Å². The van der Waals surface area contributed by atoms with Crippen LogP contribution in [0.25, 0.3) is 0 Å². The summed E-state index contributed by atoms with van der Waals surface area (Å²) in [5.74, 6) is 0.677. The minimum atomic E-state index is -0.243. The van der Waals surface area contributed by atoms with E-state index in [-0.39, 0.29) is 18.0 Å². The minimum absolute atomic E-state index is 0.111. The molecule has 0 aliphatic carbocycles. The number of aryl methyl sites for hydroxylation is 1. The van der Waals surface area contributed by atoms with E-state index in [0.29, 0.717) is 23.8 Å². The molecule has 1 aliphatic rings. The van der Waals surface area contributed by atoms with Crippen LogP contribution >= 0.6 is 11.6 Å². The molecule has 1 heterocycles. The Labute approximate surface area is 182 Å². The predicted octanol–water partition coefficient (Wildman–Crippen LogP) is 5.98. The Morgan fingerprint density at radius 3 is 2.50 bits per heavy atom. The molecule has 2 atom stereocenters. The minimum Gasteiger partial charge on any atom is -0.504 e. The van der Waals surface area contributed by atoms with Gasteiger partial charge < -0.3 is 9.84 Å². The lowest BCUT2D eigenvalue weighted by Gasteiger charge is -2.31. The van der Waals surface area contributed by atoms with Crippen molar-refractivity contribution < 1.29 is 9.84 Å². The first kappa shape index (κ1) is 20.5. The fraction of sp³-hybridized carbons (Fsp3) is 0.240. The number of hydrogen-bond donors (Lipinski definition) is 2. The molecule has 5 heteroatoms. The molecule has 0 aromatic heterocycles. The first-order valence-corrected chi connectivity index (χ1v) is 10.5. The molecule has 0 radical (unpaired) electrons. The van der Waals surface area contributed by atoms with E-state index in [1.165, 1.54) is 5.56 Å². The van der Waals surface area contributed by atoms with Gasteiger partial charge in [-0.2, -0.15) is 0 Å². The summed E-state index contributed by atoms with van der Waals surface area (Å²) in [4.78, 5) is 5.00. The Hall–Kier alpha value is -2.82. The lowest BCUT2D eigenvalue weighted by Crippen LogP contribution is -2.33. The van der Waals surface area contributed by atoms with Gasteiger partial charge in [-0.1, -0.05) is 65.7 Å². The Kier molecular flexibility index (Phi) is 6.07. The molecule has 0 saturated carbocycles. The van der Waals surface area contributed by atoms with Gasteiger partial charge in [0.1, 0.15) is 6.17 Å². The second-order valence-electron chi connectivity index (χ2n) is 7.45. The van der Waals surface area contributed by atoms with Crippen LogP contribution in [-0.4, -0.2) is 17.4 Å².